The van der Waals surface area contributed by atoms with E-state index in [-0.39, 0.29) is 11.9 Å². The highest BCUT2D eigenvalue weighted by molar-refractivity contribution is 5.73. The summed E-state index contributed by atoms with van der Waals surface area (Å²) in [6.45, 7) is 11.0. The molecular weight excluding hydrogens is 190 g/mol. The molecule has 3 nitrogen and oxygen atoms in total. The number of nitrogens with zero attached hydrogens (tertiary/aromatic N) is 1. The maximum Gasteiger partial charge on any atom is 0.310 e. The fourth-order valence-electron chi connectivity index (χ4n) is 1.74. The Morgan fingerprint density at radius 1 is 1.67 bits per heavy atom. The Morgan fingerprint density at radius 3 is 3.00 bits per heavy atom. The second kappa shape index (κ2) is 5.91. The van der Waals surface area contributed by atoms with E-state index in [9.17, 15) is 4.79 Å². The van der Waals surface area contributed by atoms with Crippen molar-refractivity contribution in [3.63, 3.8) is 0 Å². The zero-order valence-corrected chi connectivity index (χ0v) is 9.74. The number of rotatable bonds is 5. The first-order chi connectivity index (χ1) is 7.13. The van der Waals surface area contributed by atoms with Gasteiger partial charge < -0.3 is 4.74 Å². The number of hydrogen-bond acceptors (Lipinski definition) is 3. The molecule has 0 radical (unpaired) electrons. The smallest absolute Gasteiger partial charge is 0.310 e. The largest absolute Gasteiger partial charge is 0.465 e. The van der Waals surface area contributed by atoms with E-state index < -0.39 is 0 Å². The minimum absolute atomic E-state index is 0.0322. The average Bonchev–Trinajstić information content (AvgIpc) is 2.63. The first-order valence-electron chi connectivity index (χ1n) is 5.63. The maximum atomic E-state index is 11.6. The van der Waals surface area contributed by atoms with Crippen LogP contribution in [-0.2, 0) is 9.53 Å². The van der Waals surface area contributed by atoms with Crippen LogP contribution in [-0.4, -0.2) is 37.1 Å². The molecule has 0 saturated carbocycles. The summed E-state index contributed by atoms with van der Waals surface area (Å²) < 4.78 is 5.22. The molecule has 0 N–H and O–H groups in total. The molecule has 1 unspecified atom stereocenters. The van der Waals surface area contributed by atoms with Gasteiger partial charge in [-0.3, -0.25) is 9.69 Å². The number of hydrogen-bond donors (Lipinski definition) is 0. The zero-order valence-electron chi connectivity index (χ0n) is 9.74. The molecule has 0 aromatic carbocycles. The number of ether oxygens (including phenoxy) is 1. The maximum absolute atomic E-state index is 11.6. The Labute approximate surface area is 92.1 Å². The number of likely N-dealkylation sites (tertiary alicyclic amines) is 1. The molecule has 0 spiro atoms. The van der Waals surface area contributed by atoms with E-state index in [0.29, 0.717) is 12.5 Å². The van der Waals surface area contributed by atoms with E-state index in [4.69, 9.17) is 4.74 Å². The van der Waals surface area contributed by atoms with Crippen molar-refractivity contribution in [1.29, 1.82) is 0 Å². The number of carbonyl (C=O) groups is 1. The van der Waals surface area contributed by atoms with Gasteiger partial charge in [0.2, 0.25) is 0 Å². The summed E-state index contributed by atoms with van der Waals surface area (Å²) in [5, 5.41) is 0. The van der Waals surface area contributed by atoms with E-state index in [1.54, 1.807) is 0 Å². The quantitative estimate of drug-likeness (QED) is 0.512. The summed E-state index contributed by atoms with van der Waals surface area (Å²) in [6.07, 6.45) is 2.80. The van der Waals surface area contributed by atoms with E-state index >= 15 is 0 Å². The molecule has 1 aliphatic heterocycles. The van der Waals surface area contributed by atoms with Crippen molar-refractivity contribution in [3.8, 4) is 0 Å². The molecule has 3 heteroatoms. The van der Waals surface area contributed by atoms with Gasteiger partial charge in [-0.15, -0.1) is 6.58 Å². The van der Waals surface area contributed by atoms with Gasteiger partial charge in [0.25, 0.3) is 0 Å². The minimum atomic E-state index is -0.0322. The van der Waals surface area contributed by atoms with Gasteiger partial charge in [0.1, 0.15) is 0 Å². The summed E-state index contributed by atoms with van der Waals surface area (Å²) in [7, 11) is 0. The van der Waals surface area contributed by atoms with Gasteiger partial charge in [0.15, 0.2) is 0 Å². The molecule has 1 heterocycles. The summed E-state index contributed by atoms with van der Waals surface area (Å²) >= 11 is 0. The normalized spacial score (nSPS) is 21.9. The van der Waals surface area contributed by atoms with Crippen molar-refractivity contribution < 1.29 is 9.53 Å². The Hall–Kier alpha value is -0.830. The van der Waals surface area contributed by atoms with Crippen LogP contribution < -0.4 is 0 Å². The van der Waals surface area contributed by atoms with Crippen LogP contribution in [0.4, 0.5) is 0 Å². The molecule has 1 atom stereocenters. The van der Waals surface area contributed by atoms with Crippen molar-refractivity contribution in [2.24, 2.45) is 11.8 Å². The lowest BCUT2D eigenvalue weighted by molar-refractivity contribution is -0.149. The van der Waals surface area contributed by atoms with Crippen molar-refractivity contribution >= 4 is 5.97 Å². The van der Waals surface area contributed by atoms with Crippen LogP contribution in [0.5, 0.6) is 0 Å². The van der Waals surface area contributed by atoms with Gasteiger partial charge in [-0.25, -0.2) is 0 Å². The van der Waals surface area contributed by atoms with E-state index in [2.05, 4.69) is 11.5 Å². The van der Waals surface area contributed by atoms with Crippen LogP contribution in [0, 0.1) is 11.8 Å². The van der Waals surface area contributed by atoms with Crippen LogP contribution in [0.1, 0.15) is 20.3 Å². The Kier molecular flexibility index (Phi) is 4.82. The van der Waals surface area contributed by atoms with Crippen LogP contribution in [0.3, 0.4) is 0 Å². The second-order valence-corrected chi connectivity index (χ2v) is 4.56. The summed E-state index contributed by atoms with van der Waals surface area (Å²) in [4.78, 5) is 13.9. The highest BCUT2D eigenvalue weighted by Crippen LogP contribution is 2.17. The van der Waals surface area contributed by atoms with E-state index in [0.717, 1.165) is 26.1 Å². The molecule has 1 rings (SSSR count). The summed E-state index contributed by atoms with van der Waals surface area (Å²) in [5.41, 5.74) is 0. The monoisotopic (exact) mass is 211 g/mol. The summed E-state index contributed by atoms with van der Waals surface area (Å²) in [5.74, 6) is 0.457. The molecule has 86 valence electrons. The third-order valence-corrected chi connectivity index (χ3v) is 2.55. The fourth-order valence-corrected chi connectivity index (χ4v) is 1.74. The predicted molar refractivity (Wildman–Crippen MR) is 60.5 cm³/mol. The van der Waals surface area contributed by atoms with Gasteiger partial charge in [-0.05, 0) is 18.9 Å². The summed E-state index contributed by atoms with van der Waals surface area (Å²) in [6, 6.07) is 0. The molecular formula is C12H21NO2. The molecule has 1 saturated heterocycles. The number of carbonyl (C=O) groups excluding carboxylic acids is 1. The highest BCUT2D eigenvalue weighted by Gasteiger charge is 2.28. The number of esters is 1. The van der Waals surface area contributed by atoms with Crippen LogP contribution in [0.2, 0.25) is 0 Å². The van der Waals surface area contributed by atoms with Gasteiger partial charge in [0.05, 0.1) is 12.5 Å². The molecule has 0 aliphatic carbocycles. The Balaban J connectivity index is 2.27. The second-order valence-electron chi connectivity index (χ2n) is 4.56. The third-order valence-electron chi connectivity index (χ3n) is 2.55. The van der Waals surface area contributed by atoms with Crippen molar-refractivity contribution in [1.82, 2.24) is 4.90 Å². The van der Waals surface area contributed by atoms with Crippen LogP contribution >= 0.6 is 0 Å². The zero-order chi connectivity index (χ0) is 11.3. The van der Waals surface area contributed by atoms with Crippen molar-refractivity contribution in [3.05, 3.63) is 12.7 Å². The molecule has 0 aromatic rings. The first kappa shape index (κ1) is 12.2. The molecule has 0 bridgehead atoms. The SMILES string of the molecule is C=CCN1CCC(C(=O)OCC(C)C)C1. The Morgan fingerprint density at radius 2 is 2.40 bits per heavy atom. The van der Waals surface area contributed by atoms with E-state index in [1.807, 2.05) is 19.9 Å². The van der Waals surface area contributed by atoms with Crippen molar-refractivity contribution in [2.45, 2.75) is 20.3 Å². The minimum Gasteiger partial charge on any atom is -0.465 e. The first-order valence-corrected chi connectivity index (χ1v) is 5.63. The fraction of sp³-hybridized carbons (Fsp3) is 0.750. The van der Waals surface area contributed by atoms with Gasteiger partial charge in [-0.2, -0.15) is 0 Å². The molecule has 1 fully saturated rings. The lowest BCUT2D eigenvalue weighted by Gasteiger charge is -2.13. The van der Waals surface area contributed by atoms with Crippen molar-refractivity contribution in [2.75, 3.05) is 26.2 Å². The van der Waals surface area contributed by atoms with Gasteiger partial charge >= 0.3 is 5.97 Å². The Bertz CT molecular complexity index is 226. The standard InChI is InChI=1S/C12H21NO2/c1-4-6-13-7-5-11(8-13)12(14)15-9-10(2)3/h4,10-11H,1,5-9H2,2-3H3. The lowest BCUT2D eigenvalue weighted by atomic mass is 10.1. The van der Waals surface area contributed by atoms with E-state index in [1.165, 1.54) is 0 Å². The highest BCUT2D eigenvalue weighted by atomic mass is 16.5. The molecule has 1 aliphatic rings. The topological polar surface area (TPSA) is 29.5 Å². The molecule has 0 amide bonds. The van der Waals surface area contributed by atoms with Crippen LogP contribution in [0.25, 0.3) is 0 Å². The average molecular weight is 211 g/mol. The van der Waals surface area contributed by atoms with Gasteiger partial charge in [-0.1, -0.05) is 19.9 Å². The lowest BCUT2D eigenvalue weighted by Crippen LogP contribution is -2.25. The third kappa shape index (κ3) is 4.04. The predicted octanol–water partition coefficient (Wildman–Crippen LogP) is 1.69. The molecule has 15 heavy (non-hydrogen) atoms. The van der Waals surface area contributed by atoms with Crippen LogP contribution in [0.15, 0.2) is 12.7 Å². The molecule has 0 aromatic heterocycles. The van der Waals surface area contributed by atoms with Gasteiger partial charge in [0, 0.05) is 13.1 Å².